The molecule has 3 heterocycles. The number of carbonyl (C=O) groups excluding carboxylic acids is 1. The zero-order chi connectivity index (χ0) is 22.0. The molecule has 8 nitrogen and oxygen atoms in total. The van der Waals surface area contributed by atoms with Gasteiger partial charge in [-0.2, -0.15) is 5.10 Å². The molecule has 1 amide bonds. The highest BCUT2D eigenvalue weighted by molar-refractivity contribution is 5.73. The maximum Gasteiger partial charge on any atom is 0.267 e. The van der Waals surface area contributed by atoms with E-state index < -0.39 is 0 Å². The van der Waals surface area contributed by atoms with Gasteiger partial charge in [-0.25, -0.2) is 9.36 Å². The zero-order valence-corrected chi connectivity index (χ0v) is 18.1. The molecule has 162 valence electrons. The summed E-state index contributed by atoms with van der Waals surface area (Å²) >= 11 is 0. The molecule has 1 aromatic carbocycles. The van der Waals surface area contributed by atoms with Gasteiger partial charge in [0.25, 0.3) is 5.56 Å². The largest absolute Gasteiger partial charge is 0.473 e. The van der Waals surface area contributed by atoms with Gasteiger partial charge in [0.15, 0.2) is 0 Å². The van der Waals surface area contributed by atoms with Crippen LogP contribution in [0.5, 0.6) is 5.88 Å². The molecule has 0 unspecified atom stereocenters. The van der Waals surface area contributed by atoms with E-state index in [0.29, 0.717) is 24.7 Å². The number of ether oxygens (including phenoxy) is 1. The van der Waals surface area contributed by atoms with Gasteiger partial charge in [-0.1, -0.05) is 18.2 Å². The van der Waals surface area contributed by atoms with Crippen molar-refractivity contribution in [1.82, 2.24) is 24.5 Å². The minimum atomic E-state index is -0.141. The third-order valence-corrected chi connectivity index (χ3v) is 5.44. The lowest BCUT2D eigenvalue weighted by Gasteiger charge is -2.30. The molecule has 2 aromatic heterocycles. The fourth-order valence-corrected chi connectivity index (χ4v) is 3.76. The molecule has 0 saturated carbocycles. The van der Waals surface area contributed by atoms with E-state index in [1.807, 2.05) is 55.1 Å². The quantitative estimate of drug-likeness (QED) is 0.632. The van der Waals surface area contributed by atoms with Crippen LogP contribution in [0.15, 0.2) is 53.3 Å². The van der Waals surface area contributed by atoms with Crippen LogP contribution in [0.2, 0.25) is 0 Å². The van der Waals surface area contributed by atoms with Crippen molar-refractivity contribution < 1.29 is 9.53 Å². The Bertz CT molecular complexity index is 1110. The van der Waals surface area contributed by atoms with Gasteiger partial charge in [0.05, 0.1) is 17.4 Å². The Balaban J connectivity index is 1.67. The Morgan fingerprint density at radius 2 is 1.77 bits per heavy atom. The number of piperidine rings is 1. The second-order valence-electron chi connectivity index (χ2n) is 8.03. The van der Waals surface area contributed by atoms with E-state index in [1.54, 1.807) is 17.7 Å². The van der Waals surface area contributed by atoms with Gasteiger partial charge < -0.3 is 9.64 Å². The highest BCUT2D eigenvalue weighted by Gasteiger charge is 2.24. The molecule has 3 aromatic rings. The topological polar surface area (TPSA) is 82.3 Å². The smallest absolute Gasteiger partial charge is 0.267 e. The lowest BCUT2D eigenvalue weighted by atomic mass is 10.1. The third kappa shape index (κ3) is 4.52. The normalized spacial score (nSPS) is 14.8. The maximum absolute atomic E-state index is 12.2. The Morgan fingerprint density at radius 1 is 1.06 bits per heavy atom. The summed E-state index contributed by atoms with van der Waals surface area (Å²) in [6, 6.07) is 14.8. The van der Waals surface area contributed by atoms with Crippen LogP contribution in [0, 0.1) is 0 Å². The Morgan fingerprint density at radius 3 is 2.42 bits per heavy atom. The average Bonchev–Trinajstić information content (AvgIpc) is 3.18. The molecule has 31 heavy (non-hydrogen) atoms. The molecule has 0 aliphatic carbocycles. The summed E-state index contributed by atoms with van der Waals surface area (Å²) in [4.78, 5) is 25.6. The van der Waals surface area contributed by atoms with E-state index in [4.69, 9.17) is 4.74 Å². The highest BCUT2D eigenvalue weighted by atomic mass is 16.5. The molecule has 1 aliphatic heterocycles. The van der Waals surface area contributed by atoms with Gasteiger partial charge in [-0.3, -0.25) is 9.59 Å². The number of rotatable bonds is 5. The molecule has 0 spiro atoms. The number of likely N-dealkylation sites (tertiary alicyclic amines) is 1. The summed E-state index contributed by atoms with van der Waals surface area (Å²) in [6.07, 6.45) is 1.54. The predicted molar refractivity (Wildman–Crippen MR) is 117 cm³/mol. The number of amides is 1. The first-order valence-corrected chi connectivity index (χ1v) is 10.6. The van der Waals surface area contributed by atoms with Crippen molar-refractivity contribution in [1.29, 1.82) is 0 Å². The fourth-order valence-electron chi connectivity index (χ4n) is 3.76. The predicted octanol–water partition coefficient (Wildman–Crippen LogP) is 3.07. The summed E-state index contributed by atoms with van der Waals surface area (Å²) in [7, 11) is 0. The van der Waals surface area contributed by atoms with Gasteiger partial charge in [-0.15, -0.1) is 5.10 Å². The number of hydrogen-bond donors (Lipinski definition) is 0. The molecule has 0 radical (unpaired) electrons. The number of aromatic nitrogens is 4. The first-order valence-electron chi connectivity index (χ1n) is 10.6. The first kappa shape index (κ1) is 20.8. The summed E-state index contributed by atoms with van der Waals surface area (Å²) in [5.41, 5.74) is 2.13. The second kappa shape index (κ2) is 8.75. The molecule has 4 rings (SSSR count). The molecule has 1 fully saturated rings. The van der Waals surface area contributed by atoms with Crippen LogP contribution in [0.25, 0.3) is 17.1 Å². The summed E-state index contributed by atoms with van der Waals surface area (Å²) < 4.78 is 9.44. The maximum atomic E-state index is 12.2. The minimum Gasteiger partial charge on any atom is -0.473 e. The fraction of sp³-hybridized carbons (Fsp3) is 0.391. The van der Waals surface area contributed by atoms with Crippen LogP contribution in [-0.2, 0) is 4.79 Å². The monoisotopic (exact) mass is 421 g/mol. The molecule has 0 atom stereocenters. The van der Waals surface area contributed by atoms with Gasteiger partial charge in [-0.05, 0) is 32.0 Å². The van der Waals surface area contributed by atoms with Crippen molar-refractivity contribution in [3.63, 3.8) is 0 Å². The van der Waals surface area contributed by atoms with Crippen molar-refractivity contribution in [2.45, 2.75) is 45.8 Å². The molecule has 1 saturated heterocycles. The van der Waals surface area contributed by atoms with Crippen molar-refractivity contribution in [2.75, 3.05) is 13.1 Å². The molecule has 0 bridgehead atoms. The first-order chi connectivity index (χ1) is 14.9. The lowest BCUT2D eigenvalue weighted by molar-refractivity contribution is -0.130. The number of nitrogens with zero attached hydrogens (tertiary/aromatic N) is 5. The number of hydrogen-bond acceptors (Lipinski definition) is 5. The summed E-state index contributed by atoms with van der Waals surface area (Å²) in [5.74, 6) is 0.602. The van der Waals surface area contributed by atoms with E-state index in [-0.39, 0.29) is 23.6 Å². The number of para-hydroxylation sites is 1. The number of carbonyl (C=O) groups is 1. The van der Waals surface area contributed by atoms with Crippen LogP contribution in [0.4, 0.5) is 0 Å². The SMILES string of the molecule is CC(=O)N1CCC(Oc2cc(-c3ccc(=O)n(C(C)C)n3)n(-c3ccccc3)n2)CC1. The van der Waals surface area contributed by atoms with Gasteiger partial charge in [0.1, 0.15) is 11.8 Å². The Kier molecular flexibility index (Phi) is 5.88. The summed E-state index contributed by atoms with van der Waals surface area (Å²) in [6.45, 7) is 6.82. The van der Waals surface area contributed by atoms with Crippen LogP contribution in [0.3, 0.4) is 0 Å². The van der Waals surface area contributed by atoms with E-state index in [9.17, 15) is 9.59 Å². The number of benzene rings is 1. The van der Waals surface area contributed by atoms with Gasteiger partial charge >= 0.3 is 0 Å². The third-order valence-electron chi connectivity index (χ3n) is 5.44. The van der Waals surface area contributed by atoms with E-state index in [2.05, 4.69) is 10.2 Å². The van der Waals surface area contributed by atoms with E-state index in [1.165, 1.54) is 10.7 Å². The van der Waals surface area contributed by atoms with Crippen LogP contribution < -0.4 is 10.3 Å². The van der Waals surface area contributed by atoms with Crippen molar-refractivity contribution >= 4 is 5.91 Å². The summed E-state index contributed by atoms with van der Waals surface area (Å²) in [5, 5.41) is 9.25. The molecule has 1 aliphatic rings. The molecular formula is C23H27N5O3. The van der Waals surface area contributed by atoms with E-state index >= 15 is 0 Å². The molecule has 0 N–H and O–H groups in total. The van der Waals surface area contributed by atoms with Crippen molar-refractivity contribution in [3.05, 3.63) is 58.9 Å². The zero-order valence-electron chi connectivity index (χ0n) is 18.1. The lowest BCUT2D eigenvalue weighted by Crippen LogP contribution is -2.40. The van der Waals surface area contributed by atoms with Crippen LogP contribution in [0.1, 0.15) is 39.7 Å². The molecular weight excluding hydrogens is 394 g/mol. The van der Waals surface area contributed by atoms with Crippen molar-refractivity contribution in [2.24, 2.45) is 0 Å². The average molecular weight is 422 g/mol. The van der Waals surface area contributed by atoms with Crippen LogP contribution in [-0.4, -0.2) is 49.6 Å². The standard InChI is InChI=1S/C23H27N5O3/c1-16(2)27-23(30)10-9-20(24-27)21-15-22(25-28(21)18-7-5-4-6-8-18)31-19-11-13-26(14-12-19)17(3)29/h4-10,15-16,19H,11-14H2,1-3H3. The molecule has 8 heteroatoms. The Hall–Kier alpha value is -3.42. The second-order valence-corrected chi connectivity index (χ2v) is 8.03. The highest BCUT2D eigenvalue weighted by Crippen LogP contribution is 2.27. The van der Waals surface area contributed by atoms with E-state index in [0.717, 1.165) is 24.2 Å². The Labute approximate surface area is 181 Å². The van der Waals surface area contributed by atoms with Crippen molar-refractivity contribution in [3.8, 4) is 23.0 Å². The minimum absolute atomic E-state index is 0.000139. The van der Waals surface area contributed by atoms with Gasteiger partial charge in [0.2, 0.25) is 11.8 Å². The van der Waals surface area contributed by atoms with Gasteiger partial charge in [0, 0.05) is 45.0 Å². The van der Waals surface area contributed by atoms with Crippen LogP contribution >= 0.6 is 0 Å².